The van der Waals surface area contributed by atoms with Gasteiger partial charge in [0.15, 0.2) is 11.5 Å². The second kappa shape index (κ2) is 10.0. The Balaban J connectivity index is 1.39. The largest absolute Gasteiger partial charge is 0.490 e. The third-order valence-corrected chi connectivity index (χ3v) is 6.62. The number of hydrogen-bond donors (Lipinski definition) is 1. The van der Waals surface area contributed by atoms with E-state index in [9.17, 15) is 9.59 Å². The van der Waals surface area contributed by atoms with E-state index in [1.165, 1.54) is 0 Å². The predicted molar refractivity (Wildman–Crippen MR) is 124 cm³/mol. The Labute approximate surface area is 197 Å². The standard InChI is InChI=1S/C24H26Cl2N2O4/c1-15(16-6-8-21-22(13-16)32-11-3-10-31-21)27-23(29)18-4-2-9-28(14-18)24(30)17-5-7-19(25)20(26)12-17/h5-8,12-13,15,18H,2-4,9-11,14H2,1H3,(H,27,29). The van der Waals surface area contributed by atoms with Crippen molar-refractivity contribution in [1.29, 1.82) is 0 Å². The van der Waals surface area contributed by atoms with Gasteiger partial charge in [0.1, 0.15) is 0 Å². The number of amides is 2. The van der Waals surface area contributed by atoms with Gasteiger partial charge in [-0.2, -0.15) is 0 Å². The zero-order valence-corrected chi connectivity index (χ0v) is 19.4. The van der Waals surface area contributed by atoms with Crippen molar-refractivity contribution in [3.05, 3.63) is 57.6 Å². The third-order valence-electron chi connectivity index (χ3n) is 5.88. The number of carbonyl (C=O) groups excluding carboxylic acids is 2. The van der Waals surface area contributed by atoms with E-state index in [0.29, 0.717) is 47.7 Å². The average Bonchev–Trinajstić information content (AvgIpc) is 3.05. The summed E-state index contributed by atoms with van der Waals surface area (Å²) in [5.74, 6) is 0.970. The van der Waals surface area contributed by atoms with Crippen molar-refractivity contribution in [3.63, 3.8) is 0 Å². The van der Waals surface area contributed by atoms with E-state index in [0.717, 1.165) is 30.6 Å². The van der Waals surface area contributed by atoms with Crippen LogP contribution in [0.5, 0.6) is 11.5 Å². The van der Waals surface area contributed by atoms with Crippen LogP contribution >= 0.6 is 23.2 Å². The lowest BCUT2D eigenvalue weighted by molar-refractivity contribution is -0.127. The molecule has 2 aromatic carbocycles. The topological polar surface area (TPSA) is 67.9 Å². The van der Waals surface area contributed by atoms with Gasteiger partial charge in [0, 0.05) is 25.1 Å². The Bertz CT molecular complexity index is 1010. The molecule has 32 heavy (non-hydrogen) atoms. The van der Waals surface area contributed by atoms with E-state index in [-0.39, 0.29) is 23.8 Å². The molecule has 2 heterocycles. The Hall–Kier alpha value is -2.44. The summed E-state index contributed by atoms with van der Waals surface area (Å²) in [5, 5.41) is 3.84. The summed E-state index contributed by atoms with van der Waals surface area (Å²) >= 11 is 12.0. The van der Waals surface area contributed by atoms with Gasteiger partial charge >= 0.3 is 0 Å². The lowest BCUT2D eigenvalue weighted by Crippen LogP contribution is -2.45. The first kappa shape index (κ1) is 22.7. The van der Waals surface area contributed by atoms with Crippen LogP contribution in [-0.4, -0.2) is 43.0 Å². The van der Waals surface area contributed by atoms with Gasteiger partial charge in [-0.1, -0.05) is 29.3 Å². The van der Waals surface area contributed by atoms with E-state index >= 15 is 0 Å². The first-order chi connectivity index (χ1) is 15.4. The summed E-state index contributed by atoms with van der Waals surface area (Å²) in [6.45, 7) is 4.18. The van der Waals surface area contributed by atoms with Crippen LogP contribution in [0.4, 0.5) is 0 Å². The number of nitrogens with zero attached hydrogens (tertiary/aromatic N) is 1. The molecule has 0 aliphatic carbocycles. The van der Waals surface area contributed by atoms with Gasteiger partial charge in [0.05, 0.1) is 35.2 Å². The molecule has 2 atom stereocenters. The number of benzene rings is 2. The molecule has 2 aliphatic heterocycles. The fourth-order valence-electron chi connectivity index (χ4n) is 4.05. The molecule has 2 unspecified atom stereocenters. The summed E-state index contributed by atoms with van der Waals surface area (Å²) in [6, 6.07) is 10.4. The third kappa shape index (κ3) is 5.13. The van der Waals surface area contributed by atoms with Crippen molar-refractivity contribution < 1.29 is 19.1 Å². The molecule has 0 radical (unpaired) electrons. The minimum absolute atomic E-state index is 0.0590. The number of nitrogens with one attached hydrogen (secondary N) is 1. The summed E-state index contributed by atoms with van der Waals surface area (Å²) in [7, 11) is 0. The van der Waals surface area contributed by atoms with Crippen molar-refractivity contribution >= 4 is 35.0 Å². The molecule has 2 aliphatic rings. The molecule has 6 nitrogen and oxygen atoms in total. The maximum Gasteiger partial charge on any atom is 0.253 e. The van der Waals surface area contributed by atoms with Crippen LogP contribution in [-0.2, 0) is 4.79 Å². The van der Waals surface area contributed by atoms with E-state index < -0.39 is 0 Å². The maximum absolute atomic E-state index is 13.0. The Kier molecular flexibility index (Phi) is 7.11. The molecule has 1 N–H and O–H groups in total. The number of piperidine rings is 1. The number of fused-ring (bicyclic) bond motifs is 1. The first-order valence-corrected chi connectivity index (χ1v) is 11.6. The maximum atomic E-state index is 13.0. The van der Waals surface area contributed by atoms with Gasteiger partial charge < -0.3 is 19.7 Å². The number of carbonyl (C=O) groups is 2. The lowest BCUT2D eigenvalue weighted by Gasteiger charge is -2.33. The molecule has 1 saturated heterocycles. The normalized spacial score (nSPS) is 19.1. The average molecular weight is 477 g/mol. The Morgan fingerprint density at radius 3 is 2.59 bits per heavy atom. The number of hydrogen-bond acceptors (Lipinski definition) is 4. The minimum Gasteiger partial charge on any atom is -0.490 e. The summed E-state index contributed by atoms with van der Waals surface area (Å²) < 4.78 is 11.4. The first-order valence-electron chi connectivity index (χ1n) is 10.9. The van der Waals surface area contributed by atoms with E-state index in [4.69, 9.17) is 32.7 Å². The van der Waals surface area contributed by atoms with Gasteiger partial charge in [-0.3, -0.25) is 9.59 Å². The molecule has 0 aromatic heterocycles. The molecule has 0 bridgehead atoms. The molecule has 2 amide bonds. The summed E-state index contributed by atoms with van der Waals surface area (Å²) in [4.78, 5) is 27.6. The summed E-state index contributed by atoms with van der Waals surface area (Å²) in [6.07, 6.45) is 2.35. The van der Waals surface area contributed by atoms with Crippen LogP contribution in [0.25, 0.3) is 0 Å². The summed E-state index contributed by atoms with van der Waals surface area (Å²) in [5.41, 5.74) is 1.42. The van der Waals surface area contributed by atoms with Gasteiger partial charge in [0.25, 0.3) is 5.91 Å². The van der Waals surface area contributed by atoms with Crippen molar-refractivity contribution in [2.75, 3.05) is 26.3 Å². The number of ether oxygens (including phenoxy) is 2. The smallest absolute Gasteiger partial charge is 0.253 e. The molecule has 170 valence electrons. The van der Waals surface area contributed by atoms with Crippen LogP contribution in [0.2, 0.25) is 10.0 Å². The van der Waals surface area contributed by atoms with Crippen LogP contribution < -0.4 is 14.8 Å². The van der Waals surface area contributed by atoms with Crippen molar-refractivity contribution in [2.24, 2.45) is 5.92 Å². The molecule has 2 aromatic rings. The zero-order valence-electron chi connectivity index (χ0n) is 17.9. The lowest BCUT2D eigenvalue weighted by atomic mass is 9.95. The molecule has 1 fully saturated rings. The second-order valence-corrected chi connectivity index (χ2v) is 9.02. The van der Waals surface area contributed by atoms with Crippen LogP contribution in [0.15, 0.2) is 36.4 Å². The number of rotatable bonds is 4. The molecule has 0 spiro atoms. The Morgan fingerprint density at radius 1 is 1.03 bits per heavy atom. The molecular weight excluding hydrogens is 451 g/mol. The highest BCUT2D eigenvalue weighted by Crippen LogP contribution is 2.32. The van der Waals surface area contributed by atoms with E-state index in [2.05, 4.69) is 5.32 Å². The van der Waals surface area contributed by atoms with E-state index in [1.54, 1.807) is 23.1 Å². The molecule has 4 rings (SSSR count). The predicted octanol–water partition coefficient (Wildman–Crippen LogP) is 4.88. The highest BCUT2D eigenvalue weighted by molar-refractivity contribution is 6.42. The Morgan fingerprint density at radius 2 is 1.81 bits per heavy atom. The highest BCUT2D eigenvalue weighted by Gasteiger charge is 2.30. The van der Waals surface area contributed by atoms with Crippen LogP contribution in [0, 0.1) is 5.92 Å². The van der Waals surface area contributed by atoms with Gasteiger partial charge in [0.2, 0.25) is 5.91 Å². The van der Waals surface area contributed by atoms with Crippen LogP contribution in [0.1, 0.15) is 48.1 Å². The SMILES string of the molecule is CC(NC(=O)C1CCCN(C(=O)c2ccc(Cl)c(Cl)c2)C1)c1ccc2c(c1)OCCCO2. The molecule has 8 heteroatoms. The van der Waals surface area contributed by atoms with Crippen molar-refractivity contribution in [1.82, 2.24) is 10.2 Å². The fourth-order valence-corrected chi connectivity index (χ4v) is 4.35. The van der Waals surface area contributed by atoms with Gasteiger partial charge in [-0.25, -0.2) is 0 Å². The van der Waals surface area contributed by atoms with Crippen molar-refractivity contribution in [2.45, 2.75) is 32.2 Å². The van der Waals surface area contributed by atoms with Gasteiger partial charge in [-0.05, 0) is 55.7 Å². The highest BCUT2D eigenvalue weighted by atomic mass is 35.5. The minimum atomic E-state index is -0.265. The van der Waals surface area contributed by atoms with E-state index in [1.807, 2.05) is 25.1 Å². The second-order valence-electron chi connectivity index (χ2n) is 8.21. The molecule has 0 saturated carbocycles. The zero-order chi connectivity index (χ0) is 22.7. The molecular formula is C24H26Cl2N2O4. The van der Waals surface area contributed by atoms with Crippen LogP contribution in [0.3, 0.4) is 0 Å². The quantitative estimate of drug-likeness (QED) is 0.682. The van der Waals surface area contributed by atoms with Gasteiger partial charge in [-0.15, -0.1) is 0 Å². The van der Waals surface area contributed by atoms with Crippen molar-refractivity contribution in [3.8, 4) is 11.5 Å². The number of likely N-dealkylation sites (tertiary alicyclic amines) is 1. The number of halogens is 2. The monoisotopic (exact) mass is 476 g/mol. The fraction of sp³-hybridized carbons (Fsp3) is 0.417.